The number of rotatable bonds is 1. The number of imide groups is 1. The van der Waals surface area contributed by atoms with Crippen molar-refractivity contribution in [3.63, 3.8) is 0 Å². The molecule has 112 valence electrons. The number of piperidine rings is 1. The van der Waals surface area contributed by atoms with Crippen LogP contribution in [0.4, 0.5) is 0 Å². The fourth-order valence-electron chi connectivity index (χ4n) is 4.11. The number of hydrogen-bond acceptors (Lipinski definition) is 2. The maximum absolute atomic E-state index is 12.5. The Bertz CT molecular complexity index is 570. The van der Waals surface area contributed by atoms with Crippen LogP contribution in [0.15, 0.2) is 24.3 Å². The lowest BCUT2D eigenvalue weighted by Gasteiger charge is -2.46. The van der Waals surface area contributed by atoms with Crippen molar-refractivity contribution in [3.8, 4) is 0 Å². The highest BCUT2D eigenvalue weighted by molar-refractivity contribution is 6.02. The van der Waals surface area contributed by atoms with Gasteiger partial charge < -0.3 is 0 Å². The SMILES string of the molecule is Cc1cccc(C2C(=O)NC(=O)CC23CCC(C)CC3)c1. The van der Waals surface area contributed by atoms with E-state index in [2.05, 4.69) is 18.3 Å². The van der Waals surface area contributed by atoms with Gasteiger partial charge in [-0.25, -0.2) is 0 Å². The molecular formula is C18H23NO2. The minimum absolute atomic E-state index is 0.0987. The minimum atomic E-state index is -0.178. The highest BCUT2D eigenvalue weighted by Gasteiger charge is 2.50. The summed E-state index contributed by atoms with van der Waals surface area (Å²) < 4.78 is 0. The highest BCUT2D eigenvalue weighted by atomic mass is 16.2. The van der Waals surface area contributed by atoms with Crippen molar-refractivity contribution in [2.45, 2.75) is 51.9 Å². The first-order valence-electron chi connectivity index (χ1n) is 7.90. The van der Waals surface area contributed by atoms with E-state index in [-0.39, 0.29) is 23.1 Å². The molecular weight excluding hydrogens is 262 g/mol. The van der Waals surface area contributed by atoms with E-state index < -0.39 is 0 Å². The van der Waals surface area contributed by atoms with E-state index in [1.807, 2.05) is 25.1 Å². The van der Waals surface area contributed by atoms with Crippen molar-refractivity contribution in [3.05, 3.63) is 35.4 Å². The Balaban J connectivity index is 2.01. The quantitative estimate of drug-likeness (QED) is 0.805. The Labute approximate surface area is 126 Å². The van der Waals surface area contributed by atoms with E-state index in [1.165, 1.54) is 0 Å². The predicted octanol–water partition coefficient (Wildman–Crippen LogP) is 3.32. The molecule has 2 amide bonds. The van der Waals surface area contributed by atoms with Gasteiger partial charge in [0.25, 0.3) is 0 Å². The van der Waals surface area contributed by atoms with Gasteiger partial charge in [-0.2, -0.15) is 0 Å². The van der Waals surface area contributed by atoms with E-state index in [1.54, 1.807) is 0 Å². The smallest absolute Gasteiger partial charge is 0.234 e. The summed E-state index contributed by atoms with van der Waals surface area (Å²) in [6, 6.07) is 8.19. The Morgan fingerprint density at radius 2 is 1.90 bits per heavy atom. The molecule has 1 aliphatic heterocycles. The van der Waals surface area contributed by atoms with Crippen molar-refractivity contribution in [2.24, 2.45) is 11.3 Å². The van der Waals surface area contributed by atoms with Gasteiger partial charge in [-0.3, -0.25) is 14.9 Å². The third kappa shape index (κ3) is 2.61. The molecule has 0 aromatic heterocycles. The highest BCUT2D eigenvalue weighted by Crippen LogP contribution is 2.52. The Morgan fingerprint density at radius 3 is 2.57 bits per heavy atom. The number of carbonyl (C=O) groups excluding carboxylic acids is 2. The number of amides is 2. The van der Waals surface area contributed by atoms with Gasteiger partial charge in [-0.05, 0) is 36.7 Å². The lowest BCUT2D eigenvalue weighted by atomic mass is 9.58. The molecule has 21 heavy (non-hydrogen) atoms. The van der Waals surface area contributed by atoms with E-state index in [0.29, 0.717) is 12.3 Å². The Kier molecular flexibility index (Phi) is 3.60. The van der Waals surface area contributed by atoms with Crippen molar-refractivity contribution >= 4 is 11.8 Å². The monoisotopic (exact) mass is 285 g/mol. The first kappa shape index (κ1) is 14.3. The summed E-state index contributed by atoms with van der Waals surface area (Å²) in [6.45, 7) is 4.31. The zero-order valence-corrected chi connectivity index (χ0v) is 12.8. The molecule has 3 nitrogen and oxygen atoms in total. The summed E-state index contributed by atoms with van der Waals surface area (Å²) in [5.41, 5.74) is 2.06. The van der Waals surface area contributed by atoms with Crippen LogP contribution in [-0.4, -0.2) is 11.8 Å². The zero-order chi connectivity index (χ0) is 15.0. The van der Waals surface area contributed by atoms with Gasteiger partial charge in [0.1, 0.15) is 0 Å². The maximum atomic E-state index is 12.5. The van der Waals surface area contributed by atoms with Crippen LogP contribution >= 0.6 is 0 Å². The third-order valence-corrected chi connectivity index (χ3v) is 5.30. The van der Waals surface area contributed by atoms with Crippen molar-refractivity contribution in [2.75, 3.05) is 0 Å². The molecule has 1 spiro atoms. The molecule has 1 unspecified atom stereocenters. The molecule has 3 rings (SSSR count). The van der Waals surface area contributed by atoms with Crippen LogP contribution in [-0.2, 0) is 9.59 Å². The fraction of sp³-hybridized carbons (Fsp3) is 0.556. The van der Waals surface area contributed by atoms with Crippen LogP contribution in [0, 0.1) is 18.3 Å². The summed E-state index contributed by atoms with van der Waals surface area (Å²) in [4.78, 5) is 24.5. The lowest BCUT2D eigenvalue weighted by molar-refractivity contribution is -0.141. The summed E-state index contributed by atoms with van der Waals surface area (Å²) in [7, 11) is 0. The average Bonchev–Trinajstić information content (AvgIpc) is 2.41. The van der Waals surface area contributed by atoms with Gasteiger partial charge in [0.15, 0.2) is 0 Å². The summed E-state index contributed by atoms with van der Waals surface area (Å²) >= 11 is 0. The van der Waals surface area contributed by atoms with Gasteiger partial charge in [0.05, 0.1) is 5.92 Å². The van der Waals surface area contributed by atoms with Crippen LogP contribution in [0.25, 0.3) is 0 Å². The number of hydrogen-bond donors (Lipinski definition) is 1. The van der Waals surface area contributed by atoms with Crippen LogP contribution in [0.5, 0.6) is 0 Å². The van der Waals surface area contributed by atoms with Gasteiger partial charge in [-0.1, -0.05) is 49.6 Å². The van der Waals surface area contributed by atoms with E-state index in [9.17, 15) is 9.59 Å². The molecule has 1 saturated carbocycles. The molecule has 1 saturated heterocycles. The third-order valence-electron chi connectivity index (χ3n) is 5.30. The van der Waals surface area contributed by atoms with E-state index >= 15 is 0 Å². The van der Waals surface area contributed by atoms with E-state index in [4.69, 9.17) is 0 Å². The van der Waals surface area contributed by atoms with Crippen LogP contribution < -0.4 is 5.32 Å². The predicted molar refractivity (Wildman–Crippen MR) is 81.8 cm³/mol. The molecule has 1 heterocycles. The number of nitrogens with one attached hydrogen (secondary N) is 1. The lowest BCUT2D eigenvalue weighted by Crippen LogP contribution is -2.51. The average molecular weight is 285 g/mol. The van der Waals surface area contributed by atoms with Crippen molar-refractivity contribution < 1.29 is 9.59 Å². The van der Waals surface area contributed by atoms with Gasteiger partial charge in [0, 0.05) is 6.42 Å². The Hall–Kier alpha value is -1.64. The van der Waals surface area contributed by atoms with Crippen molar-refractivity contribution in [1.29, 1.82) is 0 Å². The Morgan fingerprint density at radius 1 is 1.19 bits per heavy atom. The first-order chi connectivity index (χ1) is 10.00. The number of aryl methyl sites for hydroxylation is 1. The molecule has 3 heteroatoms. The number of benzene rings is 1. The molecule has 1 N–H and O–H groups in total. The first-order valence-corrected chi connectivity index (χ1v) is 7.90. The summed E-state index contributed by atoms with van der Waals surface area (Å²) in [5.74, 6) is 0.321. The van der Waals surface area contributed by atoms with Gasteiger partial charge in [-0.15, -0.1) is 0 Å². The molecule has 0 radical (unpaired) electrons. The van der Waals surface area contributed by atoms with Crippen molar-refractivity contribution in [1.82, 2.24) is 5.32 Å². The minimum Gasteiger partial charge on any atom is -0.296 e. The van der Waals surface area contributed by atoms with E-state index in [0.717, 1.165) is 36.8 Å². The second-order valence-electron chi connectivity index (χ2n) is 6.98. The van der Waals surface area contributed by atoms with Crippen LogP contribution in [0.2, 0.25) is 0 Å². The summed E-state index contributed by atoms with van der Waals surface area (Å²) in [5, 5.41) is 2.55. The number of carbonyl (C=O) groups is 2. The largest absolute Gasteiger partial charge is 0.296 e. The molecule has 0 bridgehead atoms. The molecule has 1 aromatic rings. The molecule has 1 aliphatic carbocycles. The second-order valence-corrected chi connectivity index (χ2v) is 6.98. The normalized spacial score (nSPS) is 33.0. The molecule has 1 atom stereocenters. The summed E-state index contributed by atoms with van der Waals surface area (Å²) in [6.07, 6.45) is 4.67. The molecule has 1 aromatic carbocycles. The standard InChI is InChI=1S/C18H23NO2/c1-12-6-8-18(9-7-12)11-15(20)19-17(21)16(18)14-5-3-4-13(2)10-14/h3-5,10,12,16H,6-9,11H2,1-2H3,(H,19,20,21). The molecule has 2 fully saturated rings. The zero-order valence-electron chi connectivity index (χ0n) is 12.8. The molecule has 2 aliphatic rings. The maximum Gasteiger partial charge on any atom is 0.234 e. The van der Waals surface area contributed by atoms with Gasteiger partial charge >= 0.3 is 0 Å². The second kappa shape index (κ2) is 5.28. The van der Waals surface area contributed by atoms with Crippen LogP contribution in [0.1, 0.15) is 56.1 Å². The fourth-order valence-corrected chi connectivity index (χ4v) is 4.11. The van der Waals surface area contributed by atoms with Gasteiger partial charge in [0.2, 0.25) is 11.8 Å². The van der Waals surface area contributed by atoms with Crippen LogP contribution in [0.3, 0.4) is 0 Å². The topological polar surface area (TPSA) is 46.2 Å².